The summed E-state index contributed by atoms with van der Waals surface area (Å²) >= 11 is 0. The molecule has 0 aromatic carbocycles. The van der Waals surface area contributed by atoms with Crippen LogP contribution in [0.2, 0.25) is 0 Å². The van der Waals surface area contributed by atoms with E-state index in [1.165, 1.54) is 250 Å². The molecule has 0 spiro atoms. The fraction of sp³-hybridized carbons (Fsp3) is 0.944. The largest absolute Gasteiger partial charge is 3.00 e. The third kappa shape index (κ3) is 76.6. The Morgan fingerprint density at radius 3 is 0.410 bits per heavy atom. The van der Waals surface area contributed by atoms with Gasteiger partial charge in [0.1, 0.15) is 0 Å². The van der Waals surface area contributed by atoms with Crippen LogP contribution in [0.25, 0.3) is 0 Å². The third-order valence-corrected chi connectivity index (χ3v) is 12.0. The van der Waals surface area contributed by atoms with Crippen LogP contribution in [0, 0.1) is 0 Å². The summed E-state index contributed by atoms with van der Waals surface area (Å²) in [7, 11) is 0. The van der Waals surface area contributed by atoms with E-state index in [4.69, 9.17) is 0 Å². The van der Waals surface area contributed by atoms with Crippen LogP contribution in [0.1, 0.15) is 329 Å². The van der Waals surface area contributed by atoms with E-state index in [9.17, 15) is 29.7 Å². The summed E-state index contributed by atoms with van der Waals surface area (Å²) in [4.78, 5) is 30.7. The van der Waals surface area contributed by atoms with Gasteiger partial charge < -0.3 is 29.7 Å². The molecular weight excluding hydrogens is 808 g/mol. The van der Waals surface area contributed by atoms with Crippen molar-refractivity contribution in [1.82, 2.24) is 0 Å². The van der Waals surface area contributed by atoms with Gasteiger partial charge in [-0.05, 0) is 38.5 Å². The van der Waals surface area contributed by atoms with Gasteiger partial charge in [-0.15, -0.1) is 0 Å². The maximum atomic E-state index is 10.2. The van der Waals surface area contributed by atoms with Crippen molar-refractivity contribution in [2.45, 2.75) is 329 Å². The van der Waals surface area contributed by atoms with E-state index in [2.05, 4.69) is 20.8 Å². The minimum atomic E-state index is -0.903. The van der Waals surface area contributed by atoms with Crippen LogP contribution in [0.15, 0.2) is 0 Å². The van der Waals surface area contributed by atoms with Crippen molar-refractivity contribution in [1.29, 1.82) is 0 Å². The van der Waals surface area contributed by atoms with Gasteiger partial charge in [0, 0.05) is 17.9 Å². The standard InChI is InChI=1S/3C18H36O2.Cu/c3*1-2-3-4-5-6-7-8-9-10-11-12-13-14-15-16-17-18(19)20;/h3*2-17H2,1H3,(H,19,20);/q;;;+3/p-3. The summed E-state index contributed by atoms with van der Waals surface area (Å²) in [6.45, 7) is 6.80. The molecule has 0 saturated carbocycles. The Labute approximate surface area is 392 Å². The molecule has 0 heterocycles. The van der Waals surface area contributed by atoms with Crippen LogP contribution in [0.4, 0.5) is 0 Å². The van der Waals surface area contributed by atoms with Gasteiger partial charge in [0.15, 0.2) is 0 Å². The molecule has 61 heavy (non-hydrogen) atoms. The van der Waals surface area contributed by atoms with Crippen molar-refractivity contribution in [3.05, 3.63) is 0 Å². The minimum Gasteiger partial charge on any atom is -0.550 e. The summed E-state index contributed by atoms with van der Waals surface area (Å²) in [5, 5.41) is 30.7. The van der Waals surface area contributed by atoms with Crippen molar-refractivity contribution in [2.24, 2.45) is 0 Å². The number of carboxylic acid groups (broad SMARTS) is 3. The molecular formula is C54H105CuO6. The zero-order valence-electron chi connectivity index (χ0n) is 41.2. The maximum absolute atomic E-state index is 10.2. The van der Waals surface area contributed by atoms with Crippen molar-refractivity contribution in [2.75, 3.05) is 0 Å². The van der Waals surface area contributed by atoms with Crippen LogP contribution < -0.4 is 15.3 Å². The van der Waals surface area contributed by atoms with Gasteiger partial charge in [0.05, 0.1) is 0 Å². The molecule has 0 aromatic rings. The fourth-order valence-corrected chi connectivity index (χ4v) is 7.92. The van der Waals surface area contributed by atoms with E-state index in [-0.39, 0.29) is 36.3 Å². The monoisotopic (exact) mass is 913 g/mol. The Morgan fingerprint density at radius 1 is 0.213 bits per heavy atom. The maximum Gasteiger partial charge on any atom is 3.00 e. The summed E-state index contributed by atoms with van der Waals surface area (Å²) in [5.74, 6) is -2.71. The van der Waals surface area contributed by atoms with Gasteiger partial charge in [0.2, 0.25) is 0 Å². The molecule has 7 heteroatoms. The molecule has 0 aliphatic carbocycles. The SMILES string of the molecule is CCCCCCCCCCCCCCCCCC(=O)[O-].CCCCCCCCCCCCCCCCCC(=O)[O-].CCCCCCCCCCCCCCCCCC(=O)[O-].[Cu+3]. The molecule has 0 aromatic heterocycles. The first-order valence-electron chi connectivity index (χ1n) is 26.9. The average Bonchev–Trinajstić information content (AvgIpc) is 3.22. The van der Waals surface area contributed by atoms with E-state index in [1.807, 2.05) is 0 Å². The number of hydrogen-bond donors (Lipinski definition) is 0. The van der Waals surface area contributed by atoms with Gasteiger partial charge in [-0.3, -0.25) is 0 Å². The van der Waals surface area contributed by atoms with E-state index in [0.717, 1.165) is 38.5 Å². The van der Waals surface area contributed by atoms with E-state index < -0.39 is 17.9 Å². The number of carbonyl (C=O) groups is 3. The third-order valence-electron chi connectivity index (χ3n) is 12.0. The molecule has 0 atom stereocenters. The molecule has 0 aliphatic heterocycles. The number of unbranched alkanes of at least 4 members (excludes halogenated alkanes) is 42. The molecule has 6 nitrogen and oxygen atoms in total. The van der Waals surface area contributed by atoms with Crippen LogP contribution in [0.5, 0.6) is 0 Å². The predicted octanol–water partition coefficient (Wildman–Crippen LogP) is 15.0. The molecule has 0 N–H and O–H groups in total. The second-order valence-electron chi connectivity index (χ2n) is 18.2. The molecule has 0 radical (unpaired) electrons. The molecule has 0 bridgehead atoms. The van der Waals surface area contributed by atoms with Crippen LogP contribution >= 0.6 is 0 Å². The molecule has 368 valence electrons. The number of carboxylic acids is 3. The number of carbonyl (C=O) groups excluding carboxylic acids is 3. The normalized spacial score (nSPS) is 10.7. The zero-order chi connectivity index (χ0) is 44.7. The summed E-state index contributed by atoms with van der Waals surface area (Å²) in [5.41, 5.74) is 0. The first-order valence-corrected chi connectivity index (χ1v) is 26.9. The smallest absolute Gasteiger partial charge is 0.550 e. The van der Waals surface area contributed by atoms with Crippen molar-refractivity contribution in [3.8, 4) is 0 Å². The molecule has 0 saturated heterocycles. The second kappa shape index (κ2) is 63.2. The quantitative estimate of drug-likeness (QED) is 0.0443. The van der Waals surface area contributed by atoms with Gasteiger partial charge in [0.25, 0.3) is 0 Å². The Hall–Kier alpha value is -1.07. The Morgan fingerprint density at radius 2 is 0.311 bits per heavy atom. The molecule has 0 rings (SSSR count). The number of aliphatic carboxylic acids is 3. The fourth-order valence-electron chi connectivity index (χ4n) is 7.92. The van der Waals surface area contributed by atoms with Crippen molar-refractivity contribution >= 4 is 17.9 Å². The van der Waals surface area contributed by atoms with Crippen LogP contribution in [-0.4, -0.2) is 17.9 Å². The van der Waals surface area contributed by atoms with Gasteiger partial charge in [-0.25, -0.2) is 0 Å². The first-order chi connectivity index (χ1) is 29.3. The number of hydrogen-bond acceptors (Lipinski definition) is 6. The Bertz CT molecular complexity index is 717. The summed E-state index contributed by atoms with van der Waals surface area (Å²) < 4.78 is 0. The van der Waals surface area contributed by atoms with Gasteiger partial charge in [-0.2, -0.15) is 0 Å². The Kier molecular flexibility index (Phi) is 69.0. The molecule has 0 amide bonds. The van der Waals surface area contributed by atoms with E-state index in [0.29, 0.717) is 0 Å². The van der Waals surface area contributed by atoms with Crippen molar-refractivity contribution in [3.63, 3.8) is 0 Å². The first kappa shape index (κ1) is 66.5. The van der Waals surface area contributed by atoms with Gasteiger partial charge in [-0.1, -0.05) is 290 Å². The second-order valence-corrected chi connectivity index (χ2v) is 18.2. The van der Waals surface area contributed by atoms with Crippen molar-refractivity contribution < 1.29 is 46.8 Å². The minimum absolute atomic E-state index is 0. The average molecular weight is 914 g/mol. The summed E-state index contributed by atoms with van der Waals surface area (Å²) in [6, 6.07) is 0. The molecule has 0 aliphatic rings. The van der Waals surface area contributed by atoms with E-state index >= 15 is 0 Å². The van der Waals surface area contributed by atoms with Gasteiger partial charge >= 0.3 is 17.1 Å². The topological polar surface area (TPSA) is 120 Å². The van der Waals surface area contributed by atoms with E-state index in [1.54, 1.807) is 0 Å². The molecule has 0 fully saturated rings. The molecule has 0 unspecified atom stereocenters. The summed E-state index contributed by atoms with van der Waals surface area (Å²) in [6.07, 6.45) is 59.6. The zero-order valence-corrected chi connectivity index (χ0v) is 42.1. The Balaban J connectivity index is -0.000000396. The van der Waals surface area contributed by atoms with Crippen LogP contribution in [0.3, 0.4) is 0 Å². The van der Waals surface area contributed by atoms with Crippen LogP contribution in [-0.2, 0) is 31.5 Å². The predicted molar refractivity (Wildman–Crippen MR) is 254 cm³/mol. The number of rotatable bonds is 48.